The number of benzene rings is 1. The minimum Gasteiger partial charge on any atom is -1.00 e. The molecule has 2 saturated heterocycles. The van der Waals surface area contributed by atoms with E-state index in [1.165, 1.54) is 29.1 Å². The van der Waals surface area contributed by atoms with Gasteiger partial charge in [0.25, 0.3) is 0 Å². The summed E-state index contributed by atoms with van der Waals surface area (Å²) in [5.74, 6) is 0.316. The average Bonchev–Trinajstić information content (AvgIpc) is 3.08. The number of anilines is 1. The van der Waals surface area contributed by atoms with Gasteiger partial charge >= 0.3 is 0 Å². The zero-order chi connectivity index (χ0) is 15.8. The molecule has 126 valence electrons. The molecular weight excluding hydrogens is 320 g/mol. The van der Waals surface area contributed by atoms with Crippen molar-refractivity contribution in [1.29, 1.82) is 0 Å². The molecule has 3 heterocycles. The van der Waals surface area contributed by atoms with Crippen molar-refractivity contribution in [2.75, 3.05) is 25.5 Å². The molecule has 3 nitrogen and oxygen atoms in total. The SMILES string of the molecule is C/C=C1/C[N+]2(C)CCC34C(=C(C=O)[C@H]1C[C@@H]32)Nc1ccccc14.[Cl-]. The Morgan fingerprint density at radius 2 is 2.12 bits per heavy atom. The molecule has 1 aromatic rings. The summed E-state index contributed by atoms with van der Waals surface area (Å²) in [6, 6.07) is 9.27. The van der Waals surface area contributed by atoms with Gasteiger partial charge in [-0.1, -0.05) is 24.3 Å². The molecule has 1 aromatic carbocycles. The van der Waals surface area contributed by atoms with Crippen LogP contribution >= 0.6 is 0 Å². The second kappa shape index (κ2) is 4.96. The van der Waals surface area contributed by atoms with Gasteiger partial charge in [0, 0.05) is 35.7 Å². The predicted octanol–water partition coefficient (Wildman–Crippen LogP) is 0.00560. The maximum atomic E-state index is 12.0. The van der Waals surface area contributed by atoms with E-state index in [1.54, 1.807) is 0 Å². The van der Waals surface area contributed by atoms with Gasteiger partial charge in [-0.2, -0.15) is 0 Å². The normalized spacial score (nSPS) is 39.8. The third-order valence-electron chi connectivity index (χ3n) is 7.06. The summed E-state index contributed by atoms with van der Waals surface area (Å²) in [5, 5.41) is 3.66. The van der Waals surface area contributed by atoms with E-state index in [4.69, 9.17) is 0 Å². The number of carbonyl (C=O) groups excluding carboxylic acids is 1. The van der Waals surface area contributed by atoms with Crippen molar-refractivity contribution >= 4 is 12.0 Å². The smallest absolute Gasteiger partial charge is 0.148 e. The molecule has 4 atom stereocenters. The fourth-order valence-electron chi connectivity index (χ4n) is 6.07. The van der Waals surface area contributed by atoms with E-state index in [9.17, 15) is 4.79 Å². The van der Waals surface area contributed by atoms with Crippen molar-refractivity contribution in [2.24, 2.45) is 5.92 Å². The Bertz CT molecular complexity index is 799. The van der Waals surface area contributed by atoms with E-state index in [2.05, 4.69) is 49.6 Å². The van der Waals surface area contributed by atoms with Gasteiger partial charge in [-0.3, -0.25) is 4.79 Å². The van der Waals surface area contributed by atoms with Crippen molar-refractivity contribution in [2.45, 2.75) is 31.2 Å². The molecule has 5 rings (SSSR count). The highest BCUT2D eigenvalue weighted by molar-refractivity contribution is 5.84. The Hall–Kier alpha value is -1.58. The highest BCUT2D eigenvalue weighted by atomic mass is 35.5. The molecule has 0 radical (unpaired) electrons. The predicted molar refractivity (Wildman–Crippen MR) is 91.0 cm³/mol. The van der Waals surface area contributed by atoms with Crippen LogP contribution in [0.15, 0.2) is 47.2 Å². The number of halogens is 1. The van der Waals surface area contributed by atoms with Gasteiger partial charge in [0.05, 0.1) is 19.0 Å². The summed E-state index contributed by atoms with van der Waals surface area (Å²) in [7, 11) is 2.42. The van der Waals surface area contributed by atoms with Crippen LogP contribution in [0, 0.1) is 5.92 Å². The molecule has 2 bridgehead atoms. The van der Waals surface area contributed by atoms with E-state index in [-0.39, 0.29) is 17.8 Å². The molecule has 1 spiro atoms. The van der Waals surface area contributed by atoms with Crippen LogP contribution in [-0.4, -0.2) is 36.9 Å². The van der Waals surface area contributed by atoms with Crippen LogP contribution in [0.25, 0.3) is 0 Å². The summed E-state index contributed by atoms with van der Waals surface area (Å²) in [5.41, 5.74) is 6.35. The first-order valence-corrected chi connectivity index (χ1v) is 8.70. The van der Waals surface area contributed by atoms with Gasteiger partial charge in [-0.25, -0.2) is 0 Å². The van der Waals surface area contributed by atoms with Crippen LogP contribution < -0.4 is 17.7 Å². The molecule has 0 saturated carbocycles. The number of nitrogens with zero attached hydrogens (tertiary/aromatic N) is 1. The minimum atomic E-state index is 0. The lowest BCUT2D eigenvalue weighted by molar-refractivity contribution is -0.923. The van der Waals surface area contributed by atoms with Crippen molar-refractivity contribution in [3.05, 3.63) is 52.7 Å². The number of aldehydes is 1. The average molecular weight is 343 g/mol. The standard InChI is InChI=1S/C20H22N2O.ClH/c1-3-13-11-22(2)9-8-20-16-6-4-5-7-17(16)21-19(20)15(12-23)14(13)10-18(20)22;/h3-7,12,14,18H,8-11H2,1-2H3;1H/b13-3-;/t14-,18-,20?,22?;/m0./s1. The highest BCUT2D eigenvalue weighted by Gasteiger charge is 2.67. The first kappa shape index (κ1) is 15.9. The number of quaternary nitrogens is 1. The zero-order valence-corrected chi connectivity index (χ0v) is 14.9. The van der Waals surface area contributed by atoms with Gasteiger partial charge in [0.1, 0.15) is 18.9 Å². The van der Waals surface area contributed by atoms with Gasteiger partial charge in [0.15, 0.2) is 0 Å². The number of carbonyl (C=O) groups is 1. The van der Waals surface area contributed by atoms with Crippen molar-refractivity contribution in [3.8, 4) is 0 Å². The van der Waals surface area contributed by atoms with Crippen molar-refractivity contribution in [3.63, 3.8) is 0 Å². The van der Waals surface area contributed by atoms with E-state index < -0.39 is 0 Å². The van der Waals surface area contributed by atoms with E-state index in [0.29, 0.717) is 12.0 Å². The summed E-state index contributed by atoms with van der Waals surface area (Å²) >= 11 is 0. The molecule has 1 N–H and O–H groups in total. The van der Waals surface area contributed by atoms with Crippen molar-refractivity contribution in [1.82, 2.24) is 0 Å². The van der Waals surface area contributed by atoms with E-state index in [1.807, 2.05) is 0 Å². The number of para-hydroxylation sites is 1. The molecule has 0 aromatic heterocycles. The lowest BCUT2D eigenvalue weighted by Gasteiger charge is -2.51. The summed E-state index contributed by atoms with van der Waals surface area (Å²) in [6.07, 6.45) is 5.65. The van der Waals surface area contributed by atoms with Crippen LogP contribution in [0.2, 0.25) is 0 Å². The van der Waals surface area contributed by atoms with E-state index in [0.717, 1.165) is 35.7 Å². The first-order chi connectivity index (χ1) is 11.1. The van der Waals surface area contributed by atoms with Gasteiger partial charge < -0.3 is 22.2 Å². The minimum absolute atomic E-state index is 0. The molecule has 2 fully saturated rings. The number of rotatable bonds is 1. The molecule has 2 unspecified atom stereocenters. The third kappa shape index (κ3) is 1.60. The molecule has 0 amide bonds. The highest BCUT2D eigenvalue weighted by Crippen LogP contribution is 2.62. The Labute approximate surface area is 149 Å². The topological polar surface area (TPSA) is 29.1 Å². The van der Waals surface area contributed by atoms with Gasteiger partial charge in [-0.15, -0.1) is 0 Å². The van der Waals surface area contributed by atoms with Gasteiger partial charge in [-0.05, 0) is 24.1 Å². The lowest BCUT2D eigenvalue weighted by atomic mass is 9.61. The Morgan fingerprint density at radius 3 is 2.88 bits per heavy atom. The largest absolute Gasteiger partial charge is 1.00 e. The summed E-state index contributed by atoms with van der Waals surface area (Å²) in [6.45, 7) is 4.42. The molecular formula is C20H23ClN2O. The second-order valence-corrected chi connectivity index (χ2v) is 7.87. The number of allylic oxidation sites excluding steroid dienone is 2. The van der Waals surface area contributed by atoms with Crippen LogP contribution in [0.1, 0.15) is 25.3 Å². The monoisotopic (exact) mass is 342 g/mol. The first-order valence-electron chi connectivity index (χ1n) is 8.70. The molecule has 4 aliphatic rings. The van der Waals surface area contributed by atoms with Crippen LogP contribution in [0.3, 0.4) is 0 Å². The number of nitrogens with one attached hydrogen (secondary N) is 1. The molecule has 4 heteroatoms. The quantitative estimate of drug-likeness (QED) is 0.442. The number of fused-ring (bicyclic) bond motifs is 2. The molecule has 3 aliphatic heterocycles. The van der Waals surface area contributed by atoms with Crippen LogP contribution in [-0.2, 0) is 10.2 Å². The fraction of sp³-hybridized carbons (Fsp3) is 0.450. The third-order valence-corrected chi connectivity index (χ3v) is 7.06. The Balaban J connectivity index is 0.00000146. The number of hydrogen-bond donors (Lipinski definition) is 1. The maximum Gasteiger partial charge on any atom is 0.148 e. The second-order valence-electron chi connectivity index (χ2n) is 7.87. The summed E-state index contributed by atoms with van der Waals surface area (Å²) < 4.78 is 1.13. The molecule has 1 aliphatic carbocycles. The van der Waals surface area contributed by atoms with Gasteiger partial charge in [0.2, 0.25) is 0 Å². The lowest BCUT2D eigenvalue weighted by Crippen LogP contribution is -3.00. The zero-order valence-electron chi connectivity index (χ0n) is 14.2. The Morgan fingerprint density at radius 1 is 1.33 bits per heavy atom. The maximum absolute atomic E-state index is 12.0. The molecule has 24 heavy (non-hydrogen) atoms. The summed E-state index contributed by atoms with van der Waals surface area (Å²) in [4.78, 5) is 12.0. The van der Waals surface area contributed by atoms with E-state index >= 15 is 0 Å². The fourth-order valence-corrected chi connectivity index (χ4v) is 6.07. The number of piperidine rings is 1. The number of likely N-dealkylation sites (N-methyl/N-ethyl adjacent to an activating group) is 1. The van der Waals surface area contributed by atoms with Crippen LogP contribution in [0.4, 0.5) is 5.69 Å². The van der Waals surface area contributed by atoms with Crippen molar-refractivity contribution < 1.29 is 21.7 Å². The number of hydrogen-bond acceptors (Lipinski definition) is 2. The Kier molecular flexibility index (Phi) is 3.29. The van der Waals surface area contributed by atoms with Crippen LogP contribution in [0.5, 0.6) is 0 Å².